The van der Waals surface area contributed by atoms with Crippen molar-refractivity contribution in [2.45, 2.75) is 0 Å². The van der Waals surface area contributed by atoms with Gasteiger partial charge in [0.1, 0.15) is 33.4 Å². The highest BCUT2D eigenvalue weighted by Crippen LogP contribution is 2.44. The van der Waals surface area contributed by atoms with Crippen LogP contribution in [0.3, 0.4) is 0 Å². The first kappa shape index (κ1) is 24.8. The van der Waals surface area contributed by atoms with Gasteiger partial charge in [-0.1, -0.05) is 84.9 Å². The van der Waals surface area contributed by atoms with Gasteiger partial charge in [-0.15, -0.1) is 0 Å². The molecule has 0 atom stereocenters. The van der Waals surface area contributed by atoms with E-state index in [0.717, 1.165) is 110 Å². The van der Waals surface area contributed by atoms with Gasteiger partial charge in [0.2, 0.25) is 0 Å². The third-order valence-electron chi connectivity index (χ3n) is 9.54. The molecule has 0 bridgehead atoms. The van der Waals surface area contributed by atoms with Crippen LogP contribution in [0.4, 0.5) is 0 Å². The lowest BCUT2D eigenvalue weighted by Crippen LogP contribution is -1.82. The Bertz CT molecular complexity index is 2880. The Kier molecular flexibility index (Phi) is 4.78. The summed E-state index contributed by atoms with van der Waals surface area (Å²) < 4.78 is 20.0. The van der Waals surface area contributed by atoms with Gasteiger partial charge in [-0.3, -0.25) is 9.97 Å². The smallest absolute Gasteiger partial charge is 0.161 e. The molecule has 47 heavy (non-hydrogen) atoms. The third-order valence-corrected chi connectivity index (χ3v) is 9.54. The zero-order valence-corrected chi connectivity index (χ0v) is 24.8. The predicted molar refractivity (Wildman–Crippen MR) is 190 cm³/mol. The summed E-state index contributed by atoms with van der Waals surface area (Å²) in [7, 11) is 0. The van der Waals surface area contributed by atoms with Gasteiger partial charge in [0.15, 0.2) is 11.2 Å². The highest BCUT2D eigenvalue weighted by atomic mass is 16.3. The van der Waals surface area contributed by atoms with Gasteiger partial charge in [-0.05, 0) is 57.9 Å². The zero-order chi connectivity index (χ0) is 30.6. The van der Waals surface area contributed by atoms with E-state index in [4.69, 9.17) is 23.2 Å². The molecular formula is C42H22N2O3. The summed E-state index contributed by atoms with van der Waals surface area (Å²) in [5.74, 6) is 0. The van der Waals surface area contributed by atoms with E-state index >= 15 is 0 Å². The van der Waals surface area contributed by atoms with E-state index in [0.29, 0.717) is 0 Å². The second-order valence-electron chi connectivity index (χ2n) is 12.1. The average Bonchev–Trinajstić information content (AvgIpc) is 3.80. The molecular weight excluding hydrogens is 580 g/mol. The summed E-state index contributed by atoms with van der Waals surface area (Å²) in [6, 6.07) is 41.8. The first-order valence-corrected chi connectivity index (χ1v) is 15.6. The van der Waals surface area contributed by atoms with Crippen LogP contribution in [0.25, 0.3) is 110 Å². The van der Waals surface area contributed by atoms with Crippen LogP contribution >= 0.6 is 0 Å². The fourth-order valence-electron chi connectivity index (χ4n) is 7.35. The van der Waals surface area contributed by atoms with E-state index in [9.17, 15) is 0 Å². The number of pyridine rings is 2. The lowest BCUT2D eigenvalue weighted by atomic mass is 10.00. The summed E-state index contributed by atoms with van der Waals surface area (Å²) in [6.45, 7) is 0. The number of nitrogens with zero attached hydrogens (tertiary/aromatic N) is 2. The molecule has 0 radical (unpaired) electrons. The van der Waals surface area contributed by atoms with Gasteiger partial charge in [0.25, 0.3) is 0 Å². The first-order valence-electron chi connectivity index (χ1n) is 15.6. The lowest BCUT2D eigenvalue weighted by Gasteiger charge is -2.04. The van der Waals surface area contributed by atoms with Gasteiger partial charge in [0.05, 0.1) is 0 Å². The molecule has 5 nitrogen and oxygen atoms in total. The van der Waals surface area contributed by atoms with Gasteiger partial charge in [0, 0.05) is 56.2 Å². The highest BCUT2D eigenvalue weighted by Gasteiger charge is 2.22. The van der Waals surface area contributed by atoms with Gasteiger partial charge >= 0.3 is 0 Å². The molecule has 218 valence electrons. The fraction of sp³-hybridized carbons (Fsp3) is 0. The van der Waals surface area contributed by atoms with Crippen molar-refractivity contribution in [1.82, 2.24) is 9.97 Å². The van der Waals surface area contributed by atoms with Crippen molar-refractivity contribution in [2.75, 3.05) is 0 Å². The molecule has 11 aromatic rings. The van der Waals surface area contributed by atoms with Crippen molar-refractivity contribution < 1.29 is 13.3 Å². The Morgan fingerprint density at radius 3 is 1.23 bits per heavy atom. The SMILES string of the molecule is c1ccc2cc3c(cc2c1)oc1c(-c2cccc4c2oc2c(-c5ccnc6c5oc5cc7ccccc7cc56)cccc24)ccnc13. The normalized spacial score (nSPS) is 12.3. The molecule has 0 fully saturated rings. The minimum Gasteiger partial charge on any atom is -0.455 e. The molecule has 0 unspecified atom stereocenters. The zero-order valence-electron chi connectivity index (χ0n) is 24.8. The van der Waals surface area contributed by atoms with Crippen molar-refractivity contribution in [3.05, 3.63) is 134 Å². The van der Waals surface area contributed by atoms with Crippen molar-refractivity contribution >= 4 is 87.6 Å². The number of hydrogen-bond donors (Lipinski definition) is 0. The van der Waals surface area contributed by atoms with Crippen molar-refractivity contribution in [1.29, 1.82) is 0 Å². The molecule has 0 saturated heterocycles. The minimum absolute atomic E-state index is 0.747. The molecule has 0 amide bonds. The molecule has 0 saturated carbocycles. The molecule has 11 rings (SSSR count). The lowest BCUT2D eigenvalue weighted by molar-refractivity contribution is 0.663. The summed E-state index contributed by atoms with van der Waals surface area (Å²) in [5.41, 5.74) is 10.2. The molecule has 0 N–H and O–H groups in total. The quantitative estimate of drug-likeness (QED) is 0.197. The molecule has 5 heteroatoms. The summed E-state index contributed by atoms with van der Waals surface area (Å²) in [4.78, 5) is 9.53. The van der Waals surface area contributed by atoms with E-state index in [-0.39, 0.29) is 0 Å². The van der Waals surface area contributed by atoms with E-state index in [2.05, 4.69) is 97.1 Å². The Labute approximate surface area is 266 Å². The number of rotatable bonds is 2. The van der Waals surface area contributed by atoms with E-state index in [1.54, 1.807) is 0 Å². The maximum Gasteiger partial charge on any atom is 0.161 e. The number of fused-ring (bicyclic) bond motifs is 11. The number of para-hydroxylation sites is 2. The average molecular weight is 603 g/mol. The van der Waals surface area contributed by atoms with Crippen molar-refractivity contribution in [2.24, 2.45) is 0 Å². The van der Waals surface area contributed by atoms with Gasteiger partial charge in [-0.25, -0.2) is 0 Å². The molecule has 0 aliphatic carbocycles. The predicted octanol–water partition coefficient (Wildman–Crippen LogP) is 11.8. The number of furan rings is 3. The molecule has 0 aliphatic rings. The number of benzene rings is 6. The maximum atomic E-state index is 6.87. The molecule has 0 aliphatic heterocycles. The fourth-order valence-corrected chi connectivity index (χ4v) is 7.35. The van der Waals surface area contributed by atoms with Crippen LogP contribution < -0.4 is 0 Å². The summed E-state index contributed by atoms with van der Waals surface area (Å²) in [5, 5.41) is 8.65. The minimum atomic E-state index is 0.747. The molecule has 0 spiro atoms. The second kappa shape index (κ2) is 9.05. The molecule has 5 aromatic heterocycles. The van der Waals surface area contributed by atoms with Gasteiger partial charge in [-0.2, -0.15) is 0 Å². The molecule has 5 heterocycles. The van der Waals surface area contributed by atoms with E-state index < -0.39 is 0 Å². The topological polar surface area (TPSA) is 65.2 Å². The van der Waals surface area contributed by atoms with Crippen LogP contribution in [-0.2, 0) is 0 Å². The van der Waals surface area contributed by atoms with Crippen LogP contribution in [0.1, 0.15) is 0 Å². The third kappa shape index (κ3) is 3.43. The largest absolute Gasteiger partial charge is 0.455 e. The monoisotopic (exact) mass is 602 g/mol. The molecule has 6 aromatic carbocycles. The Hall–Kier alpha value is -6.46. The van der Waals surface area contributed by atoms with Crippen molar-refractivity contribution in [3.63, 3.8) is 0 Å². The standard InChI is InChI=1S/C42H22N2O3/c1-3-9-25-21-35-33(19-23(25)7-1)37-41(45-35)31(15-17-43-37)29-13-5-11-27-28-12-6-14-30(40(28)47-39(27)29)32-16-18-44-38-34-20-24-8-2-4-10-26(24)22-36(34)46-42(32)38/h1-22H. The number of hydrogen-bond acceptors (Lipinski definition) is 5. The van der Waals surface area contributed by atoms with E-state index in [1.165, 1.54) is 0 Å². The van der Waals surface area contributed by atoms with Crippen LogP contribution in [-0.4, -0.2) is 9.97 Å². The van der Waals surface area contributed by atoms with E-state index in [1.807, 2.05) is 36.7 Å². The van der Waals surface area contributed by atoms with Crippen molar-refractivity contribution in [3.8, 4) is 22.3 Å². The number of aromatic nitrogens is 2. The van der Waals surface area contributed by atoms with Gasteiger partial charge < -0.3 is 13.3 Å². The Morgan fingerprint density at radius 1 is 0.340 bits per heavy atom. The van der Waals surface area contributed by atoms with Crippen LogP contribution in [0.15, 0.2) is 147 Å². The Balaban J connectivity index is 1.15. The summed E-state index contributed by atoms with van der Waals surface area (Å²) in [6.07, 6.45) is 3.71. The first-order chi connectivity index (χ1) is 23.3. The van der Waals surface area contributed by atoms with Crippen LogP contribution in [0.5, 0.6) is 0 Å². The van der Waals surface area contributed by atoms with Crippen LogP contribution in [0, 0.1) is 0 Å². The Morgan fingerprint density at radius 2 is 0.766 bits per heavy atom. The van der Waals surface area contributed by atoms with Crippen LogP contribution in [0.2, 0.25) is 0 Å². The maximum absolute atomic E-state index is 6.87. The second-order valence-corrected chi connectivity index (χ2v) is 12.1. The highest BCUT2D eigenvalue weighted by molar-refractivity contribution is 6.18. The summed E-state index contributed by atoms with van der Waals surface area (Å²) >= 11 is 0.